The van der Waals surface area contributed by atoms with Gasteiger partial charge in [-0.05, 0) is 36.3 Å². The van der Waals surface area contributed by atoms with Crippen molar-refractivity contribution in [1.29, 1.82) is 0 Å². The monoisotopic (exact) mass is 277 g/mol. The van der Waals surface area contributed by atoms with Gasteiger partial charge in [0, 0.05) is 22.2 Å². The summed E-state index contributed by atoms with van der Waals surface area (Å²) in [5, 5.41) is 0. The van der Waals surface area contributed by atoms with Crippen LogP contribution in [0.3, 0.4) is 0 Å². The molecular formula is C19H35N. The first-order valence-electron chi connectivity index (χ1n) is 8.23. The van der Waals surface area contributed by atoms with Gasteiger partial charge in [0.2, 0.25) is 0 Å². The van der Waals surface area contributed by atoms with Crippen LogP contribution in [0.4, 0.5) is 0 Å². The number of hydrogen-bond donors (Lipinski definition) is 1. The predicted molar refractivity (Wildman–Crippen MR) is 90.4 cm³/mol. The first-order valence-corrected chi connectivity index (χ1v) is 8.23. The van der Waals surface area contributed by atoms with E-state index in [0.29, 0.717) is 5.92 Å². The number of H-pyrrole nitrogens is 1. The zero-order chi connectivity index (χ0) is 15.8. The molecule has 0 aromatic carbocycles. The molecule has 0 amide bonds. The summed E-state index contributed by atoms with van der Waals surface area (Å²) in [7, 11) is 0. The fourth-order valence-corrected chi connectivity index (χ4v) is 3.08. The second-order valence-electron chi connectivity index (χ2n) is 8.15. The number of rotatable bonds is 5. The van der Waals surface area contributed by atoms with Crippen molar-refractivity contribution in [2.45, 2.75) is 86.0 Å². The van der Waals surface area contributed by atoms with Gasteiger partial charge in [0.1, 0.15) is 0 Å². The van der Waals surface area contributed by atoms with Crippen LogP contribution in [0.25, 0.3) is 0 Å². The maximum Gasteiger partial charge on any atom is 0.0214 e. The quantitative estimate of drug-likeness (QED) is 0.674. The van der Waals surface area contributed by atoms with E-state index in [2.05, 4.69) is 79.4 Å². The molecule has 116 valence electrons. The van der Waals surface area contributed by atoms with E-state index in [-0.39, 0.29) is 16.2 Å². The lowest BCUT2D eigenvalue weighted by molar-refractivity contribution is 0.190. The summed E-state index contributed by atoms with van der Waals surface area (Å²) in [6.45, 7) is 21.1. The van der Waals surface area contributed by atoms with Gasteiger partial charge < -0.3 is 4.98 Å². The topological polar surface area (TPSA) is 15.8 Å². The average Bonchev–Trinajstić information content (AvgIpc) is 2.85. The first kappa shape index (κ1) is 17.3. The SMILES string of the molecule is CCC(C)(c1ccc(C(C)(CC)C(C)(C)C)[nH]1)C(C)C. The Morgan fingerprint density at radius 3 is 1.75 bits per heavy atom. The van der Waals surface area contributed by atoms with Crippen LogP contribution in [0.15, 0.2) is 12.1 Å². The fraction of sp³-hybridized carbons (Fsp3) is 0.789. The second-order valence-corrected chi connectivity index (χ2v) is 8.15. The Kier molecular flexibility index (Phi) is 4.83. The smallest absolute Gasteiger partial charge is 0.0214 e. The molecule has 1 nitrogen and oxygen atoms in total. The third-order valence-electron chi connectivity index (χ3n) is 6.27. The van der Waals surface area contributed by atoms with Crippen LogP contribution in [-0.2, 0) is 10.8 Å². The maximum atomic E-state index is 3.78. The van der Waals surface area contributed by atoms with E-state index in [4.69, 9.17) is 0 Å². The van der Waals surface area contributed by atoms with Crippen LogP contribution in [0, 0.1) is 11.3 Å². The lowest BCUT2D eigenvalue weighted by atomic mass is 9.64. The number of hydrogen-bond acceptors (Lipinski definition) is 0. The van der Waals surface area contributed by atoms with E-state index < -0.39 is 0 Å². The lowest BCUT2D eigenvalue weighted by Crippen LogP contribution is -2.37. The van der Waals surface area contributed by atoms with Crippen molar-refractivity contribution in [2.75, 3.05) is 0 Å². The number of nitrogens with one attached hydrogen (secondary N) is 1. The molecule has 20 heavy (non-hydrogen) atoms. The Hall–Kier alpha value is -0.720. The highest BCUT2D eigenvalue weighted by atomic mass is 14.8. The molecule has 0 saturated carbocycles. The van der Waals surface area contributed by atoms with E-state index in [1.807, 2.05) is 0 Å². The Balaban J connectivity index is 3.27. The molecule has 2 atom stereocenters. The molecule has 0 aliphatic heterocycles. The third-order valence-corrected chi connectivity index (χ3v) is 6.27. The van der Waals surface area contributed by atoms with Gasteiger partial charge in [-0.15, -0.1) is 0 Å². The van der Waals surface area contributed by atoms with Crippen molar-refractivity contribution in [1.82, 2.24) is 4.98 Å². The summed E-state index contributed by atoms with van der Waals surface area (Å²) in [5.41, 5.74) is 3.48. The Bertz CT molecular complexity index is 435. The summed E-state index contributed by atoms with van der Waals surface area (Å²) in [6.07, 6.45) is 2.32. The van der Waals surface area contributed by atoms with Gasteiger partial charge in [-0.1, -0.05) is 62.3 Å². The highest BCUT2D eigenvalue weighted by Gasteiger charge is 2.39. The minimum atomic E-state index is 0.191. The van der Waals surface area contributed by atoms with Gasteiger partial charge in [0.25, 0.3) is 0 Å². The molecule has 0 spiro atoms. The predicted octanol–water partition coefficient (Wildman–Crippen LogP) is 6.05. The van der Waals surface area contributed by atoms with E-state index in [1.54, 1.807) is 0 Å². The molecule has 0 radical (unpaired) electrons. The van der Waals surface area contributed by atoms with Crippen LogP contribution in [0.5, 0.6) is 0 Å². The first-order chi connectivity index (χ1) is 9.03. The minimum absolute atomic E-state index is 0.191. The van der Waals surface area contributed by atoms with Crippen molar-refractivity contribution in [3.05, 3.63) is 23.5 Å². The molecule has 0 aliphatic carbocycles. The van der Waals surface area contributed by atoms with Crippen LogP contribution >= 0.6 is 0 Å². The van der Waals surface area contributed by atoms with Gasteiger partial charge in [-0.3, -0.25) is 0 Å². The minimum Gasteiger partial charge on any atom is -0.361 e. The standard InChI is InChI=1S/C19H35N/c1-10-18(8,14(3)4)15-12-13-16(20-15)19(9,11-2)17(5,6)7/h12-14,20H,10-11H2,1-9H3. The molecule has 1 rings (SSSR count). The summed E-state index contributed by atoms with van der Waals surface area (Å²) < 4.78 is 0. The van der Waals surface area contributed by atoms with Crippen LogP contribution < -0.4 is 0 Å². The molecule has 2 unspecified atom stereocenters. The summed E-state index contributed by atoms with van der Waals surface area (Å²) in [6, 6.07) is 4.64. The Morgan fingerprint density at radius 1 is 0.900 bits per heavy atom. The summed E-state index contributed by atoms with van der Waals surface area (Å²) in [5.74, 6) is 0.640. The largest absolute Gasteiger partial charge is 0.361 e. The molecule has 1 aromatic rings. The Labute approximate surface area is 126 Å². The highest BCUT2D eigenvalue weighted by molar-refractivity contribution is 5.28. The van der Waals surface area contributed by atoms with Crippen molar-refractivity contribution in [3.8, 4) is 0 Å². The molecule has 1 N–H and O–H groups in total. The van der Waals surface area contributed by atoms with Crippen molar-refractivity contribution < 1.29 is 0 Å². The van der Waals surface area contributed by atoms with Crippen LogP contribution in [0.1, 0.15) is 86.5 Å². The molecule has 0 saturated heterocycles. The Morgan fingerprint density at radius 2 is 1.40 bits per heavy atom. The molecule has 0 bridgehead atoms. The van der Waals surface area contributed by atoms with Gasteiger partial charge in [-0.25, -0.2) is 0 Å². The summed E-state index contributed by atoms with van der Waals surface area (Å²) in [4.78, 5) is 3.78. The van der Waals surface area contributed by atoms with E-state index >= 15 is 0 Å². The molecule has 1 aromatic heterocycles. The van der Waals surface area contributed by atoms with E-state index in [0.717, 1.165) is 6.42 Å². The average molecular weight is 277 g/mol. The maximum absolute atomic E-state index is 3.78. The van der Waals surface area contributed by atoms with Crippen LogP contribution in [-0.4, -0.2) is 4.98 Å². The normalized spacial score (nSPS) is 18.9. The van der Waals surface area contributed by atoms with Crippen molar-refractivity contribution >= 4 is 0 Å². The van der Waals surface area contributed by atoms with Gasteiger partial charge in [0.05, 0.1) is 0 Å². The zero-order valence-electron chi connectivity index (χ0n) is 15.1. The lowest BCUT2D eigenvalue weighted by Gasteiger charge is -2.41. The van der Waals surface area contributed by atoms with Crippen LogP contribution in [0.2, 0.25) is 0 Å². The number of aromatic nitrogens is 1. The molecule has 0 fully saturated rings. The van der Waals surface area contributed by atoms with E-state index in [1.165, 1.54) is 17.8 Å². The zero-order valence-corrected chi connectivity index (χ0v) is 15.1. The van der Waals surface area contributed by atoms with Gasteiger partial charge >= 0.3 is 0 Å². The number of aromatic amines is 1. The summed E-state index contributed by atoms with van der Waals surface area (Å²) >= 11 is 0. The molecule has 1 heteroatoms. The van der Waals surface area contributed by atoms with Gasteiger partial charge in [0.15, 0.2) is 0 Å². The van der Waals surface area contributed by atoms with Crippen molar-refractivity contribution in [2.24, 2.45) is 11.3 Å². The fourth-order valence-electron chi connectivity index (χ4n) is 3.08. The third kappa shape index (κ3) is 2.69. The molecular weight excluding hydrogens is 242 g/mol. The second kappa shape index (κ2) is 5.58. The van der Waals surface area contributed by atoms with Crippen molar-refractivity contribution in [3.63, 3.8) is 0 Å². The molecule has 1 heterocycles. The molecule has 0 aliphatic rings. The van der Waals surface area contributed by atoms with E-state index in [9.17, 15) is 0 Å². The van der Waals surface area contributed by atoms with Gasteiger partial charge in [-0.2, -0.15) is 0 Å². The highest BCUT2D eigenvalue weighted by Crippen LogP contribution is 2.44.